The minimum atomic E-state index is -3.46. The molecule has 2 saturated heterocycles. The van der Waals surface area contributed by atoms with Gasteiger partial charge in [-0.1, -0.05) is 36.4 Å². The molecule has 2 aromatic rings. The fraction of sp³-hybridized carbons (Fsp3) is 0.462. The molecule has 2 aliphatic rings. The Morgan fingerprint density at radius 3 is 2.46 bits per heavy atom. The van der Waals surface area contributed by atoms with Gasteiger partial charge in [0.2, 0.25) is 15.9 Å². The molecule has 2 fully saturated rings. The molecule has 2 amide bonds. The van der Waals surface area contributed by atoms with Gasteiger partial charge in [0.15, 0.2) is 0 Å². The Labute approximate surface area is 207 Å². The third-order valence-corrected chi connectivity index (χ3v) is 8.59. The maximum atomic E-state index is 13.0. The summed E-state index contributed by atoms with van der Waals surface area (Å²) in [6.45, 7) is 3.67. The summed E-state index contributed by atoms with van der Waals surface area (Å²) in [6.07, 6.45) is 2.84. The van der Waals surface area contributed by atoms with Gasteiger partial charge in [-0.05, 0) is 55.9 Å². The Kier molecular flexibility index (Phi) is 8.20. The Morgan fingerprint density at radius 2 is 1.74 bits per heavy atom. The van der Waals surface area contributed by atoms with Crippen LogP contribution in [0.25, 0.3) is 0 Å². The fourth-order valence-corrected chi connectivity index (χ4v) is 6.25. The summed E-state index contributed by atoms with van der Waals surface area (Å²) in [6, 6.07) is 14.4. The molecule has 2 N–H and O–H groups in total. The van der Waals surface area contributed by atoms with Crippen LogP contribution in [0.5, 0.6) is 0 Å². The molecule has 0 bridgehead atoms. The number of piperidine rings is 1. The molecule has 2 aromatic carbocycles. The largest absolute Gasteiger partial charge is 0.376 e. The molecule has 9 heteroatoms. The first-order valence-electron chi connectivity index (χ1n) is 12.2. The normalized spacial score (nSPS) is 19.4. The predicted octanol–water partition coefficient (Wildman–Crippen LogP) is 3.08. The van der Waals surface area contributed by atoms with Crippen LogP contribution in [0, 0.1) is 12.8 Å². The van der Waals surface area contributed by atoms with Crippen molar-refractivity contribution in [2.75, 3.05) is 31.6 Å². The summed E-state index contributed by atoms with van der Waals surface area (Å²) >= 11 is 0. The number of aryl methyl sites for hydroxylation is 1. The summed E-state index contributed by atoms with van der Waals surface area (Å²) in [5, 5.41) is 5.78. The lowest BCUT2D eigenvalue weighted by atomic mass is 9.97. The first kappa shape index (κ1) is 25.3. The van der Waals surface area contributed by atoms with Gasteiger partial charge in [0.1, 0.15) is 0 Å². The van der Waals surface area contributed by atoms with Gasteiger partial charge in [0.05, 0.1) is 23.1 Å². The molecule has 0 aromatic heterocycles. The van der Waals surface area contributed by atoms with Crippen LogP contribution in [0.3, 0.4) is 0 Å². The third-order valence-electron chi connectivity index (χ3n) is 6.76. The maximum absolute atomic E-state index is 13.0. The van der Waals surface area contributed by atoms with E-state index in [-0.39, 0.29) is 29.6 Å². The van der Waals surface area contributed by atoms with Crippen molar-refractivity contribution < 1.29 is 22.7 Å². The highest BCUT2D eigenvalue weighted by atomic mass is 32.2. The van der Waals surface area contributed by atoms with Crippen molar-refractivity contribution in [2.45, 2.75) is 44.5 Å². The highest BCUT2D eigenvalue weighted by Crippen LogP contribution is 2.25. The second-order valence-electron chi connectivity index (χ2n) is 9.24. The van der Waals surface area contributed by atoms with Crippen LogP contribution < -0.4 is 10.6 Å². The molecule has 8 nitrogen and oxygen atoms in total. The predicted molar refractivity (Wildman–Crippen MR) is 134 cm³/mol. The van der Waals surface area contributed by atoms with Crippen molar-refractivity contribution in [1.82, 2.24) is 9.62 Å². The molecule has 0 radical (unpaired) electrons. The smallest absolute Gasteiger partial charge is 0.253 e. The zero-order valence-electron chi connectivity index (χ0n) is 20.0. The van der Waals surface area contributed by atoms with Crippen LogP contribution in [0.4, 0.5) is 5.69 Å². The van der Waals surface area contributed by atoms with Crippen molar-refractivity contribution >= 4 is 27.5 Å². The number of benzene rings is 2. The van der Waals surface area contributed by atoms with Crippen molar-refractivity contribution in [3.8, 4) is 0 Å². The molecule has 0 aliphatic carbocycles. The van der Waals surface area contributed by atoms with Crippen LogP contribution in [0.1, 0.15) is 47.2 Å². The molecule has 1 unspecified atom stereocenters. The highest BCUT2D eigenvalue weighted by Gasteiger charge is 2.32. The zero-order valence-corrected chi connectivity index (χ0v) is 20.9. The van der Waals surface area contributed by atoms with Crippen LogP contribution in [0.15, 0.2) is 48.5 Å². The fourth-order valence-electron chi connectivity index (χ4n) is 4.59. The zero-order chi connectivity index (χ0) is 24.8. The van der Waals surface area contributed by atoms with Gasteiger partial charge in [-0.3, -0.25) is 9.59 Å². The quantitative estimate of drug-likeness (QED) is 0.581. The minimum Gasteiger partial charge on any atom is -0.376 e. The van der Waals surface area contributed by atoms with Gasteiger partial charge in [0, 0.05) is 32.2 Å². The number of anilines is 1. The molecule has 2 aliphatic heterocycles. The van der Waals surface area contributed by atoms with Crippen molar-refractivity contribution in [3.63, 3.8) is 0 Å². The van der Waals surface area contributed by atoms with E-state index in [1.807, 2.05) is 31.2 Å². The van der Waals surface area contributed by atoms with E-state index >= 15 is 0 Å². The van der Waals surface area contributed by atoms with Gasteiger partial charge < -0.3 is 15.4 Å². The molecule has 0 spiro atoms. The lowest BCUT2D eigenvalue weighted by Crippen LogP contribution is -2.42. The molecular formula is C26H33N3O5S. The number of sulfonamides is 1. The average Bonchev–Trinajstić information content (AvgIpc) is 3.38. The molecule has 2 heterocycles. The minimum absolute atomic E-state index is 0.0352. The molecule has 4 rings (SSSR count). The number of carbonyl (C=O) groups excluding carboxylic acids is 2. The Morgan fingerprint density at radius 1 is 1.03 bits per heavy atom. The first-order chi connectivity index (χ1) is 16.8. The summed E-state index contributed by atoms with van der Waals surface area (Å²) < 4.78 is 32.9. The van der Waals surface area contributed by atoms with E-state index in [0.717, 1.165) is 30.6 Å². The van der Waals surface area contributed by atoms with Crippen molar-refractivity contribution in [2.24, 2.45) is 5.92 Å². The Hall–Kier alpha value is -2.75. The lowest BCUT2D eigenvalue weighted by molar-refractivity contribution is -0.120. The van der Waals surface area contributed by atoms with Gasteiger partial charge in [0.25, 0.3) is 5.91 Å². The van der Waals surface area contributed by atoms with E-state index in [4.69, 9.17) is 4.74 Å². The van der Waals surface area contributed by atoms with Crippen molar-refractivity contribution in [3.05, 3.63) is 65.2 Å². The molecule has 188 valence electrons. The van der Waals surface area contributed by atoms with Crippen LogP contribution in [-0.4, -0.2) is 56.9 Å². The number of ether oxygens (including phenoxy) is 1. The highest BCUT2D eigenvalue weighted by molar-refractivity contribution is 7.88. The number of rotatable bonds is 8. The summed E-state index contributed by atoms with van der Waals surface area (Å²) in [5.41, 5.74) is 2.60. The third kappa shape index (κ3) is 6.48. The monoisotopic (exact) mass is 499 g/mol. The van der Waals surface area contributed by atoms with Crippen molar-refractivity contribution in [1.29, 1.82) is 0 Å². The van der Waals surface area contributed by atoms with Crippen LogP contribution in [-0.2, 0) is 25.3 Å². The van der Waals surface area contributed by atoms with E-state index < -0.39 is 10.0 Å². The molecule has 35 heavy (non-hydrogen) atoms. The number of nitrogens with zero attached hydrogens (tertiary/aromatic N) is 1. The molecular weight excluding hydrogens is 466 g/mol. The second kappa shape index (κ2) is 11.3. The van der Waals surface area contributed by atoms with E-state index in [1.54, 1.807) is 24.3 Å². The van der Waals surface area contributed by atoms with Crippen LogP contribution >= 0.6 is 0 Å². The number of hydrogen-bond acceptors (Lipinski definition) is 5. The standard InChI is InChI=1S/C26H33N3O5S/c1-19-7-2-3-8-21(19)18-35(32,33)29-14-12-20(13-15-29)25(30)28-24-11-5-4-10-23(24)26(31)27-17-22-9-6-16-34-22/h2-5,7-8,10-11,20,22H,6,9,12-18H2,1H3,(H,27,31)(H,28,30). The van der Waals surface area contributed by atoms with E-state index in [1.165, 1.54) is 4.31 Å². The van der Waals surface area contributed by atoms with Gasteiger partial charge in [-0.15, -0.1) is 0 Å². The number of carbonyl (C=O) groups is 2. The second-order valence-corrected chi connectivity index (χ2v) is 11.2. The van der Waals surface area contributed by atoms with E-state index in [0.29, 0.717) is 43.7 Å². The number of hydrogen-bond donors (Lipinski definition) is 2. The Bertz CT molecular complexity index is 1150. The Balaban J connectivity index is 1.32. The lowest BCUT2D eigenvalue weighted by Gasteiger charge is -2.30. The summed E-state index contributed by atoms with van der Waals surface area (Å²) in [5.74, 6) is -0.804. The van der Waals surface area contributed by atoms with Gasteiger partial charge in [-0.25, -0.2) is 12.7 Å². The maximum Gasteiger partial charge on any atom is 0.253 e. The first-order valence-corrected chi connectivity index (χ1v) is 13.8. The summed E-state index contributed by atoms with van der Waals surface area (Å²) in [4.78, 5) is 25.7. The average molecular weight is 500 g/mol. The van der Waals surface area contributed by atoms with Crippen LogP contribution in [0.2, 0.25) is 0 Å². The van der Waals surface area contributed by atoms with E-state index in [2.05, 4.69) is 10.6 Å². The number of amides is 2. The SMILES string of the molecule is Cc1ccccc1CS(=O)(=O)N1CCC(C(=O)Nc2ccccc2C(=O)NCC2CCCO2)CC1. The molecule has 0 saturated carbocycles. The topological polar surface area (TPSA) is 105 Å². The van der Waals surface area contributed by atoms with E-state index in [9.17, 15) is 18.0 Å². The van der Waals surface area contributed by atoms with Gasteiger partial charge >= 0.3 is 0 Å². The van der Waals surface area contributed by atoms with Gasteiger partial charge in [-0.2, -0.15) is 0 Å². The number of nitrogens with one attached hydrogen (secondary N) is 2. The molecule has 1 atom stereocenters. The number of para-hydroxylation sites is 1. The summed E-state index contributed by atoms with van der Waals surface area (Å²) in [7, 11) is -3.46.